The molecule has 1 saturated heterocycles. The Bertz CT molecular complexity index is 387. The van der Waals surface area contributed by atoms with Crippen molar-refractivity contribution in [1.82, 2.24) is 5.32 Å². The molecule has 1 aliphatic rings. The van der Waals surface area contributed by atoms with Crippen LogP contribution >= 0.6 is 0 Å². The van der Waals surface area contributed by atoms with E-state index in [4.69, 9.17) is 0 Å². The number of anilines is 1. The fourth-order valence-corrected chi connectivity index (χ4v) is 2.35. The first-order chi connectivity index (χ1) is 8.66. The molecule has 2 N–H and O–H groups in total. The maximum atomic E-state index is 12.5. The average molecular weight is 254 g/mol. The number of halogens is 2. The topological polar surface area (TPSA) is 24.1 Å². The summed E-state index contributed by atoms with van der Waals surface area (Å²) in [6.07, 6.45) is 1.31. The maximum absolute atomic E-state index is 12.5. The molecule has 1 atom stereocenters. The number of rotatable bonds is 4. The van der Waals surface area contributed by atoms with Crippen molar-refractivity contribution in [2.24, 2.45) is 0 Å². The molecule has 4 heteroatoms. The number of benzene rings is 1. The number of aryl methyl sites for hydroxylation is 1. The van der Waals surface area contributed by atoms with E-state index in [1.807, 2.05) is 6.92 Å². The maximum Gasteiger partial charge on any atom is 0.263 e. The molecule has 1 unspecified atom stereocenters. The predicted octanol–water partition coefficient (Wildman–Crippen LogP) is 3.49. The molecule has 1 aromatic carbocycles. The Morgan fingerprint density at radius 3 is 2.83 bits per heavy atom. The zero-order valence-electron chi connectivity index (χ0n) is 10.7. The number of piperidine rings is 1. The van der Waals surface area contributed by atoms with Crippen LogP contribution in [-0.4, -0.2) is 19.1 Å². The SMILES string of the molecule is Cc1cc(C(F)F)ccc1NCC1CCCCN1. The van der Waals surface area contributed by atoms with Crippen molar-refractivity contribution >= 4 is 5.69 Å². The smallest absolute Gasteiger partial charge is 0.263 e. The largest absolute Gasteiger partial charge is 0.383 e. The van der Waals surface area contributed by atoms with Gasteiger partial charge in [-0.15, -0.1) is 0 Å². The van der Waals surface area contributed by atoms with Gasteiger partial charge in [-0.05, 0) is 44.0 Å². The van der Waals surface area contributed by atoms with Crippen LogP contribution in [0, 0.1) is 6.92 Å². The van der Waals surface area contributed by atoms with E-state index < -0.39 is 6.43 Å². The molecule has 2 nitrogen and oxygen atoms in total. The van der Waals surface area contributed by atoms with Crippen LogP contribution in [0.25, 0.3) is 0 Å². The Hall–Kier alpha value is -1.16. The summed E-state index contributed by atoms with van der Waals surface area (Å²) in [4.78, 5) is 0. The summed E-state index contributed by atoms with van der Waals surface area (Å²) in [5.74, 6) is 0. The van der Waals surface area contributed by atoms with Gasteiger partial charge in [-0.1, -0.05) is 12.5 Å². The fraction of sp³-hybridized carbons (Fsp3) is 0.571. The highest BCUT2D eigenvalue weighted by atomic mass is 19.3. The summed E-state index contributed by atoms with van der Waals surface area (Å²) >= 11 is 0. The van der Waals surface area contributed by atoms with E-state index in [1.165, 1.54) is 25.3 Å². The first-order valence-corrected chi connectivity index (χ1v) is 6.53. The molecule has 0 radical (unpaired) electrons. The molecular weight excluding hydrogens is 234 g/mol. The summed E-state index contributed by atoms with van der Waals surface area (Å²) in [5, 5.41) is 6.80. The van der Waals surface area contributed by atoms with Crippen LogP contribution in [0.1, 0.15) is 36.8 Å². The Balaban J connectivity index is 1.92. The van der Waals surface area contributed by atoms with Gasteiger partial charge in [0.25, 0.3) is 6.43 Å². The lowest BCUT2D eigenvalue weighted by molar-refractivity contribution is 0.151. The molecule has 0 aliphatic carbocycles. The summed E-state index contributed by atoms with van der Waals surface area (Å²) in [5.41, 5.74) is 1.92. The molecule has 2 rings (SSSR count). The van der Waals surface area contributed by atoms with Crippen molar-refractivity contribution in [2.45, 2.75) is 38.7 Å². The van der Waals surface area contributed by atoms with Gasteiger partial charge in [-0.3, -0.25) is 0 Å². The highest BCUT2D eigenvalue weighted by Crippen LogP contribution is 2.24. The van der Waals surface area contributed by atoms with Crippen molar-refractivity contribution < 1.29 is 8.78 Å². The lowest BCUT2D eigenvalue weighted by Gasteiger charge is -2.24. The Morgan fingerprint density at radius 1 is 1.39 bits per heavy atom. The van der Waals surface area contributed by atoms with E-state index in [9.17, 15) is 8.78 Å². The zero-order valence-corrected chi connectivity index (χ0v) is 10.7. The predicted molar refractivity (Wildman–Crippen MR) is 70.3 cm³/mol. The van der Waals surface area contributed by atoms with Crippen LogP contribution in [0.4, 0.5) is 14.5 Å². The quantitative estimate of drug-likeness (QED) is 0.859. The molecule has 0 saturated carbocycles. The second-order valence-electron chi connectivity index (χ2n) is 4.90. The van der Waals surface area contributed by atoms with E-state index >= 15 is 0 Å². The zero-order chi connectivity index (χ0) is 13.0. The van der Waals surface area contributed by atoms with Crippen LogP contribution in [0.5, 0.6) is 0 Å². The van der Waals surface area contributed by atoms with Crippen molar-refractivity contribution in [3.05, 3.63) is 29.3 Å². The van der Waals surface area contributed by atoms with Crippen LogP contribution in [0.15, 0.2) is 18.2 Å². The fourth-order valence-electron chi connectivity index (χ4n) is 2.35. The highest BCUT2D eigenvalue weighted by molar-refractivity contribution is 5.52. The second kappa shape index (κ2) is 6.14. The molecule has 1 aromatic rings. The standard InChI is InChI=1S/C14H20F2N2/c1-10-8-11(14(15)16)5-6-13(10)18-9-12-4-2-3-7-17-12/h5-6,8,12,14,17-18H,2-4,7,9H2,1H3. The van der Waals surface area contributed by atoms with Gasteiger partial charge >= 0.3 is 0 Å². The number of hydrogen-bond acceptors (Lipinski definition) is 2. The minimum atomic E-state index is -2.39. The van der Waals surface area contributed by atoms with Gasteiger partial charge in [-0.25, -0.2) is 8.78 Å². The van der Waals surface area contributed by atoms with Gasteiger partial charge in [0.15, 0.2) is 0 Å². The molecule has 18 heavy (non-hydrogen) atoms. The monoisotopic (exact) mass is 254 g/mol. The molecule has 1 heterocycles. The van der Waals surface area contributed by atoms with Gasteiger partial charge in [0.1, 0.15) is 0 Å². The van der Waals surface area contributed by atoms with E-state index in [1.54, 1.807) is 12.1 Å². The normalized spacial score (nSPS) is 20.1. The Kier molecular flexibility index (Phi) is 4.53. The third-order valence-corrected chi connectivity index (χ3v) is 3.45. The van der Waals surface area contributed by atoms with Crippen molar-refractivity contribution in [1.29, 1.82) is 0 Å². The van der Waals surface area contributed by atoms with Gasteiger partial charge in [0, 0.05) is 23.8 Å². The van der Waals surface area contributed by atoms with Crippen molar-refractivity contribution in [2.75, 3.05) is 18.4 Å². The van der Waals surface area contributed by atoms with Crippen LogP contribution in [-0.2, 0) is 0 Å². The third-order valence-electron chi connectivity index (χ3n) is 3.45. The Morgan fingerprint density at radius 2 is 2.22 bits per heavy atom. The van der Waals surface area contributed by atoms with Crippen LogP contribution in [0.3, 0.4) is 0 Å². The van der Waals surface area contributed by atoms with Gasteiger partial charge in [-0.2, -0.15) is 0 Å². The Labute approximate surface area is 107 Å². The van der Waals surface area contributed by atoms with Crippen LogP contribution < -0.4 is 10.6 Å². The molecule has 1 aliphatic heterocycles. The highest BCUT2D eigenvalue weighted by Gasteiger charge is 2.13. The second-order valence-corrected chi connectivity index (χ2v) is 4.90. The number of nitrogens with one attached hydrogen (secondary N) is 2. The van der Waals surface area contributed by atoms with E-state index in [-0.39, 0.29) is 5.56 Å². The molecule has 0 bridgehead atoms. The first kappa shape index (κ1) is 13.3. The van der Waals surface area contributed by atoms with E-state index in [2.05, 4.69) is 10.6 Å². The lowest BCUT2D eigenvalue weighted by atomic mass is 10.0. The molecule has 1 fully saturated rings. The summed E-state index contributed by atoms with van der Waals surface area (Å²) in [7, 11) is 0. The average Bonchev–Trinajstić information content (AvgIpc) is 2.38. The van der Waals surface area contributed by atoms with Gasteiger partial charge in [0.2, 0.25) is 0 Å². The summed E-state index contributed by atoms with van der Waals surface area (Å²) in [6.45, 7) is 3.80. The number of hydrogen-bond donors (Lipinski definition) is 2. The minimum Gasteiger partial charge on any atom is -0.383 e. The van der Waals surface area contributed by atoms with Gasteiger partial charge in [0.05, 0.1) is 0 Å². The minimum absolute atomic E-state index is 0.0915. The summed E-state index contributed by atoms with van der Waals surface area (Å²) in [6, 6.07) is 5.29. The van der Waals surface area contributed by atoms with Gasteiger partial charge < -0.3 is 10.6 Å². The van der Waals surface area contributed by atoms with Crippen molar-refractivity contribution in [3.8, 4) is 0 Å². The van der Waals surface area contributed by atoms with E-state index in [0.717, 1.165) is 24.3 Å². The lowest BCUT2D eigenvalue weighted by Crippen LogP contribution is -2.39. The van der Waals surface area contributed by atoms with E-state index in [0.29, 0.717) is 6.04 Å². The molecule has 0 spiro atoms. The number of alkyl halides is 2. The van der Waals surface area contributed by atoms with Crippen LogP contribution in [0.2, 0.25) is 0 Å². The molecule has 100 valence electrons. The molecule has 0 aromatic heterocycles. The summed E-state index contributed by atoms with van der Waals surface area (Å²) < 4.78 is 25.0. The van der Waals surface area contributed by atoms with Crippen molar-refractivity contribution in [3.63, 3.8) is 0 Å². The third kappa shape index (κ3) is 3.42. The first-order valence-electron chi connectivity index (χ1n) is 6.53. The molecule has 0 amide bonds. The molecular formula is C14H20F2N2.